The predicted octanol–water partition coefficient (Wildman–Crippen LogP) is 1.81. The van der Waals surface area contributed by atoms with Crippen LogP contribution in [0.15, 0.2) is 0 Å². The largest absolute Gasteiger partial charge is 0.480 e. The van der Waals surface area contributed by atoms with E-state index in [1.807, 2.05) is 6.92 Å². The Morgan fingerprint density at radius 1 is 1.40 bits per heavy atom. The Bertz CT molecular complexity index is 317. The SMILES string of the molecule is CCNC1(C(=O)O)CCCC1CCOC1CCOCC1. The second kappa shape index (κ2) is 7.38. The Morgan fingerprint density at radius 3 is 2.80 bits per heavy atom. The number of likely N-dealkylation sites (N-methyl/N-ethyl adjacent to an activating group) is 1. The maximum absolute atomic E-state index is 11.7. The summed E-state index contributed by atoms with van der Waals surface area (Å²) in [5.41, 5.74) is -0.728. The molecule has 0 radical (unpaired) electrons. The third-order valence-electron chi connectivity index (χ3n) is 4.68. The van der Waals surface area contributed by atoms with Gasteiger partial charge in [-0.05, 0) is 44.6 Å². The van der Waals surface area contributed by atoms with Crippen molar-refractivity contribution >= 4 is 5.97 Å². The number of nitrogens with one attached hydrogen (secondary N) is 1. The molecule has 2 N–H and O–H groups in total. The first-order chi connectivity index (χ1) is 9.69. The molecular weight excluding hydrogens is 258 g/mol. The van der Waals surface area contributed by atoms with Gasteiger partial charge in [-0.2, -0.15) is 0 Å². The summed E-state index contributed by atoms with van der Waals surface area (Å²) < 4.78 is 11.2. The van der Waals surface area contributed by atoms with Crippen LogP contribution in [0.4, 0.5) is 0 Å². The van der Waals surface area contributed by atoms with Crippen LogP contribution in [-0.4, -0.2) is 49.1 Å². The van der Waals surface area contributed by atoms with E-state index in [1.54, 1.807) is 0 Å². The second-order valence-electron chi connectivity index (χ2n) is 5.87. The summed E-state index contributed by atoms with van der Waals surface area (Å²) in [6.45, 7) is 4.90. The van der Waals surface area contributed by atoms with Gasteiger partial charge in [-0.3, -0.25) is 4.79 Å². The molecule has 0 aromatic carbocycles. The van der Waals surface area contributed by atoms with Gasteiger partial charge in [-0.15, -0.1) is 0 Å². The van der Waals surface area contributed by atoms with Crippen LogP contribution in [-0.2, 0) is 14.3 Å². The lowest BCUT2D eigenvalue weighted by Gasteiger charge is -2.32. The van der Waals surface area contributed by atoms with E-state index in [-0.39, 0.29) is 5.92 Å². The number of hydrogen-bond acceptors (Lipinski definition) is 4. The summed E-state index contributed by atoms with van der Waals surface area (Å²) in [4.78, 5) is 11.7. The molecule has 2 atom stereocenters. The Hall–Kier alpha value is -0.650. The molecule has 20 heavy (non-hydrogen) atoms. The minimum absolute atomic E-state index is 0.180. The monoisotopic (exact) mass is 285 g/mol. The van der Waals surface area contributed by atoms with Crippen LogP contribution in [0.25, 0.3) is 0 Å². The van der Waals surface area contributed by atoms with Gasteiger partial charge in [0, 0.05) is 19.8 Å². The maximum atomic E-state index is 11.7. The quantitative estimate of drug-likeness (QED) is 0.746. The van der Waals surface area contributed by atoms with Gasteiger partial charge < -0.3 is 19.9 Å². The highest BCUT2D eigenvalue weighted by molar-refractivity contribution is 5.79. The topological polar surface area (TPSA) is 67.8 Å². The van der Waals surface area contributed by atoms with Crippen molar-refractivity contribution in [2.45, 2.75) is 57.1 Å². The van der Waals surface area contributed by atoms with Gasteiger partial charge in [-0.1, -0.05) is 13.3 Å². The van der Waals surface area contributed by atoms with Crippen molar-refractivity contribution in [1.82, 2.24) is 5.32 Å². The van der Waals surface area contributed by atoms with Gasteiger partial charge in [0.2, 0.25) is 0 Å². The molecule has 0 amide bonds. The lowest BCUT2D eigenvalue weighted by Crippen LogP contribution is -2.55. The Labute approximate surface area is 121 Å². The molecular formula is C15H27NO4. The molecule has 1 aliphatic heterocycles. The van der Waals surface area contributed by atoms with E-state index in [2.05, 4.69) is 5.32 Å². The maximum Gasteiger partial charge on any atom is 0.324 e. The number of carbonyl (C=O) groups is 1. The Kier molecular flexibility index (Phi) is 5.81. The number of ether oxygens (including phenoxy) is 2. The van der Waals surface area contributed by atoms with Crippen LogP contribution in [0, 0.1) is 5.92 Å². The molecule has 2 rings (SSSR count). The summed E-state index contributed by atoms with van der Waals surface area (Å²) in [5.74, 6) is -0.521. The van der Waals surface area contributed by atoms with Crippen molar-refractivity contribution in [1.29, 1.82) is 0 Å². The highest BCUT2D eigenvalue weighted by Gasteiger charge is 2.48. The summed E-state index contributed by atoms with van der Waals surface area (Å²) >= 11 is 0. The lowest BCUT2D eigenvalue weighted by molar-refractivity contribution is -0.147. The molecule has 0 aromatic rings. The first kappa shape index (κ1) is 15.7. The molecule has 2 unspecified atom stereocenters. The number of carboxylic acid groups (broad SMARTS) is 1. The first-order valence-corrected chi connectivity index (χ1v) is 7.87. The Morgan fingerprint density at radius 2 is 2.15 bits per heavy atom. The van der Waals surface area contributed by atoms with Crippen LogP contribution in [0.5, 0.6) is 0 Å². The minimum atomic E-state index is -0.728. The van der Waals surface area contributed by atoms with E-state index < -0.39 is 11.5 Å². The summed E-state index contributed by atoms with van der Waals surface area (Å²) in [5, 5.41) is 12.8. The zero-order chi connectivity index (χ0) is 14.4. The molecule has 1 saturated heterocycles. The lowest BCUT2D eigenvalue weighted by atomic mass is 9.84. The van der Waals surface area contributed by atoms with E-state index in [4.69, 9.17) is 9.47 Å². The third-order valence-corrected chi connectivity index (χ3v) is 4.68. The van der Waals surface area contributed by atoms with Gasteiger partial charge >= 0.3 is 5.97 Å². The smallest absolute Gasteiger partial charge is 0.324 e. The van der Waals surface area contributed by atoms with Crippen molar-refractivity contribution in [3.05, 3.63) is 0 Å². The fourth-order valence-electron chi connectivity index (χ4n) is 3.59. The molecule has 0 bridgehead atoms. The molecule has 1 heterocycles. The van der Waals surface area contributed by atoms with E-state index in [0.29, 0.717) is 19.3 Å². The average Bonchev–Trinajstić information content (AvgIpc) is 2.85. The third kappa shape index (κ3) is 3.51. The normalized spacial score (nSPS) is 31.6. The van der Waals surface area contributed by atoms with Gasteiger partial charge in [-0.25, -0.2) is 0 Å². The van der Waals surface area contributed by atoms with Crippen LogP contribution >= 0.6 is 0 Å². The molecule has 2 fully saturated rings. The van der Waals surface area contributed by atoms with Gasteiger partial charge in [0.25, 0.3) is 0 Å². The molecule has 1 saturated carbocycles. The molecule has 0 aromatic heterocycles. The predicted molar refractivity (Wildman–Crippen MR) is 75.8 cm³/mol. The highest BCUT2D eigenvalue weighted by atomic mass is 16.5. The zero-order valence-electron chi connectivity index (χ0n) is 12.4. The van der Waals surface area contributed by atoms with Crippen molar-refractivity contribution in [2.24, 2.45) is 5.92 Å². The highest BCUT2D eigenvalue weighted by Crippen LogP contribution is 2.38. The van der Waals surface area contributed by atoms with Crippen LogP contribution in [0.2, 0.25) is 0 Å². The summed E-state index contributed by atoms with van der Waals surface area (Å²) in [7, 11) is 0. The van der Waals surface area contributed by atoms with Crippen molar-refractivity contribution in [2.75, 3.05) is 26.4 Å². The van der Waals surface area contributed by atoms with Crippen molar-refractivity contribution in [3.63, 3.8) is 0 Å². The Balaban J connectivity index is 1.82. The van der Waals surface area contributed by atoms with Crippen molar-refractivity contribution < 1.29 is 19.4 Å². The number of rotatable bonds is 7. The molecule has 5 nitrogen and oxygen atoms in total. The van der Waals surface area contributed by atoms with E-state index in [0.717, 1.165) is 51.7 Å². The van der Waals surface area contributed by atoms with Crippen molar-refractivity contribution in [3.8, 4) is 0 Å². The molecule has 116 valence electrons. The standard InChI is InChI=1S/C15H27NO4/c1-2-16-15(14(17)18)8-3-4-12(15)5-11-20-13-6-9-19-10-7-13/h12-13,16H,2-11H2,1H3,(H,17,18). The molecule has 1 aliphatic carbocycles. The van der Waals surface area contributed by atoms with Gasteiger partial charge in [0.1, 0.15) is 5.54 Å². The molecule has 0 spiro atoms. The van der Waals surface area contributed by atoms with Crippen LogP contribution in [0.3, 0.4) is 0 Å². The first-order valence-electron chi connectivity index (χ1n) is 7.87. The average molecular weight is 285 g/mol. The van der Waals surface area contributed by atoms with Gasteiger partial charge in [0.05, 0.1) is 6.10 Å². The fraction of sp³-hybridized carbons (Fsp3) is 0.933. The van der Waals surface area contributed by atoms with Gasteiger partial charge in [0.15, 0.2) is 0 Å². The minimum Gasteiger partial charge on any atom is -0.480 e. The van der Waals surface area contributed by atoms with E-state index in [9.17, 15) is 9.90 Å². The zero-order valence-corrected chi connectivity index (χ0v) is 12.4. The second-order valence-corrected chi connectivity index (χ2v) is 5.87. The van der Waals surface area contributed by atoms with Crippen LogP contribution < -0.4 is 5.32 Å². The summed E-state index contributed by atoms with van der Waals surface area (Å²) in [6.07, 6.45) is 5.75. The fourth-order valence-corrected chi connectivity index (χ4v) is 3.59. The molecule has 2 aliphatic rings. The molecule has 5 heteroatoms. The number of hydrogen-bond donors (Lipinski definition) is 2. The number of aliphatic carboxylic acids is 1. The van der Waals surface area contributed by atoms with E-state index in [1.165, 1.54) is 0 Å². The van der Waals surface area contributed by atoms with Crippen LogP contribution in [0.1, 0.15) is 45.4 Å². The summed E-state index contributed by atoms with van der Waals surface area (Å²) in [6, 6.07) is 0. The number of carboxylic acids is 1. The van der Waals surface area contributed by atoms with E-state index >= 15 is 0 Å².